The van der Waals surface area contributed by atoms with Crippen molar-refractivity contribution in [2.45, 2.75) is 65.6 Å². The highest BCUT2D eigenvalue weighted by Gasteiger charge is 2.34. The second-order valence-corrected chi connectivity index (χ2v) is 7.12. The first-order valence-corrected chi connectivity index (χ1v) is 6.74. The standard InChI is InChI=1S/C14H27NO3/c1-13(2,3)18-12(17)15-9-10-8-14(4,5)7-6-11(10)16/h10-11,16H,6-9H2,1-5H3,(H,15,17). The Morgan fingerprint density at radius 3 is 2.61 bits per heavy atom. The van der Waals surface area contributed by atoms with Crippen LogP contribution >= 0.6 is 0 Å². The Balaban J connectivity index is 2.40. The van der Waals surface area contributed by atoms with Crippen molar-refractivity contribution in [1.29, 1.82) is 0 Å². The van der Waals surface area contributed by atoms with Gasteiger partial charge in [-0.05, 0) is 45.4 Å². The van der Waals surface area contributed by atoms with E-state index < -0.39 is 11.7 Å². The van der Waals surface area contributed by atoms with Gasteiger partial charge in [0.2, 0.25) is 0 Å². The van der Waals surface area contributed by atoms with Crippen LogP contribution < -0.4 is 5.32 Å². The SMILES string of the molecule is CC1(C)CCC(O)C(CNC(=O)OC(C)(C)C)C1. The highest BCUT2D eigenvalue weighted by molar-refractivity contribution is 5.67. The molecule has 0 aromatic heterocycles. The highest BCUT2D eigenvalue weighted by Crippen LogP contribution is 2.38. The molecule has 4 heteroatoms. The van der Waals surface area contributed by atoms with E-state index in [1.54, 1.807) is 0 Å². The second kappa shape index (κ2) is 5.47. The van der Waals surface area contributed by atoms with Gasteiger partial charge < -0.3 is 15.2 Å². The lowest BCUT2D eigenvalue weighted by Gasteiger charge is -2.38. The van der Waals surface area contributed by atoms with Gasteiger partial charge in [0.15, 0.2) is 0 Å². The number of hydrogen-bond donors (Lipinski definition) is 2. The smallest absolute Gasteiger partial charge is 0.407 e. The van der Waals surface area contributed by atoms with Gasteiger partial charge >= 0.3 is 6.09 Å². The summed E-state index contributed by atoms with van der Waals surface area (Å²) in [4.78, 5) is 11.6. The van der Waals surface area contributed by atoms with Gasteiger partial charge in [0.05, 0.1) is 6.10 Å². The zero-order chi connectivity index (χ0) is 14.0. The van der Waals surface area contributed by atoms with Gasteiger partial charge in [0.1, 0.15) is 5.60 Å². The number of alkyl carbamates (subject to hydrolysis) is 1. The van der Waals surface area contributed by atoms with E-state index in [1.165, 1.54) is 0 Å². The van der Waals surface area contributed by atoms with Crippen molar-refractivity contribution < 1.29 is 14.6 Å². The lowest BCUT2D eigenvalue weighted by Crippen LogP contribution is -2.42. The molecule has 4 nitrogen and oxygen atoms in total. The Kier molecular flexibility index (Phi) is 4.65. The number of aliphatic hydroxyl groups excluding tert-OH is 1. The van der Waals surface area contributed by atoms with Crippen LogP contribution in [0.2, 0.25) is 0 Å². The molecule has 106 valence electrons. The van der Waals surface area contributed by atoms with Gasteiger partial charge in [0, 0.05) is 12.5 Å². The summed E-state index contributed by atoms with van der Waals surface area (Å²) in [5, 5.41) is 12.7. The first-order chi connectivity index (χ1) is 8.09. The normalized spacial score (nSPS) is 27.7. The minimum atomic E-state index is -0.478. The molecule has 0 aromatic carbocycles. The molecular formula is C14H27NO3. The second-order valence-electron chi connectivity index (χ2n) is 7.12. The molecule has 0 aliphatic heterocycles. The fraction of sp³-hybridized carbons (Fsp3) is 0.929. The van der Waals surface area contributed by atoms with E-state index in [2.05, 4.69) is 19.2 Å². The molecule has 0 spiro atoms. The predicted octanol–water partition coefficient (Wildman–Crippen LogP) is 2.70. The van der Waals surface area contributed by atoms with Crippen LogP contribution in [0.3, 0.4) is 0 Å². The van der Waals surface area contributed by atoms with Crippen LogP contribution in [-0.4, -0.2) is 29.4 Å². The zero-order valence-electron chi connectivity index (χ0n) is 12.2. The number of aliphatic hydroxyl groups is 1. The fourth-order valence-corrected chi connectivity index (χ4v) is 2.46. The molecule has 1 aliphatic rings. The quantitative estimate of drug-likeness (QED) is 0.799. The summed E-state index contributed by atoms with van der Waals surface area (Å²) in [6.45, 7) is 10.4. The van der Waals surface area contributed by atoms with Crippen molar-refractivity contribution in [3.8, 4) is 0 Å². The van der Waals surface area contributed by atoms with E-state index >= 15 is 0 Å². The van der Waals surface area contributed by atoms with E-state index in [0.29, 0.717) is 6.54 Å². The van der Waals surface area contributed by atoms with Crippen LogP contribution in [0.1, 0.15) is 53.9 Å². The minimum absolute atomic E-state index is 0.126. The zero-order valence-corrected chi connectivity index (χ0v) is 12.2. The maximum Gasteiger partial charge on any atom is 0.407 e. The fourth-order valence-electron chi connectivity index (χ4n) is 2.46. The Morgan fingerprint density at radius 2 is 2.06 bits per heavy atom. The summed E-state index contributed by atoms with van der Waals surface area (Å²) in [5.74, 6) is 0.126. The number of nitrogens with one attached hydrogen (secondary N) is 1. The first-order valence-electron chi connectivity index (χ1n) is 6.74. The summed E-state index contributed by atoms with van der Waals surface area (Å²) in [6.07, 6.45) is 2.07. The van der Waals surface area contributed by atoms with Crippen LogP contribution in [-0.2, 0) is 4.74 Å². The largest absolute Gasteiger partial charge is 0.444 e. The molecule has 1 aliphatic carbocycles. The Morgan fingerprint density at radius 1 is 1.44 bits per heavy atom. The van der Waals surface area contributed by atoms with Crippen LogP contribution in [0.4, 0.5) is 4.79 Å². The van der Waals surface area contributed by atoms with E-state index in [0.717, 1.165) is 19.3 Å². The third kappa shape index (κ3) is 5.25. The van der Waals surface area contributed by atoms with E-state index in [4.69, 9.17) is 4.74 Å². The van der Waals surface area contributed by atoms with Crippen molar-refractivity contribution in [2.24, 2.45) is 11.3 Å². The van der Waals surface area contributed by atoms with Crippen molar-refractivity contribution in [2.75, 3.05) is 6.54 Å². The molecule has 2 unspecified atom stereocenters. The number of carbonyl (C=O) groups is 1. The van der Waals surface area contributed by atoms with Crippen LogP contribution in [0.15, 0.2) is 0 Å². The summed E-state index contributed by atoms with van der Waals surface area (Å²) < 4.78 is 5.18. The van der Waals surface area contributed by atoms with E-state index in [-0.39, 0.29) is 17.4 Å². The Bertz CT molecular complexity index is 294. The van der Waals surface area contributed by atoms with Crippen LogP contribution in [0, 0.1) is 11.3 Å². The molecule has 18 heavy (non-hydrogen) atoms. The van der Waals surface area contributed by atoms with Gasteiger partial charge in [-0.2, -0.15) is 0 Å². The lowest BCUT2D eigenvalue weighted by molar-refractivity contribution is 0.0168. The maximum atomic E-state index is 11.6. The predicted molar refractivity (Wildman–Crippen MR) is 71.4 cm³/mol. The highest BCUT2D eigenvalue weighted by atomic mass is 16.6. The number of carbonyl (C=O) groups excluding carboxylic acids is 1. The van der Waals surface area contributed by atoms with Gasteiger partial charge in [-0.3, -0.25) is 0 Å². The molecule has 0 saturated heterocycles. The van der Waals surface area contributed by atoms with Crippen molar-refractivity contribution >= 4 is 6.09 Å². The van der Waals surface area contributed by atoms with Gasteiger partial charge in [-0.15, -0.1) is 0 Å². The first kappa shape index (κ1) is 15.3. The summed E-state index contributed by atoms with van der Waals surface area (Å²) in [6, 6.07) is 0. The average molecular weight is 257 g/mol. The third-order valence-corrected chi connectivity index (χ3v) is 3.38. The topological polar surface area (TPSA) is 58.6 Å². The maximum absolute atomic E-state index is 11.6. The Labute approximate surface area is 110 Å². The van der Waals surface area contributed by atoms with Crippen LogP contribution in [0.25, 0.3) is 0 Å². The number of amides is 1. The van der Waals surface area contributed by atoms with Gasteiger partial charge in [-0.1, -0.05) is 13.8 Å². The molecule has 0 bridgehead atoms. The molecule has 0 radical (unpaired) electrons. The Hall–Kier alpha value is -0.770. The van der Waals surface area contributed by atoms with Crippen molar-refractivity contribution in [3.63, 3.8) is 0 Å². The van der Waals surface area contributed by atoms with E-state index in [1.807, 2.05) is 20.8 Å². The molecule has 1 rings (SSSR count). The molecule has 0 aromatic rings. The molecule has 2 N–H and O–H groups in total. The molecule has 0 heterocycles. The monoisotopic (exact) mass is 257 g/mol. The molecular weight excluding hydrogens is 230 g/mol. The van der Waals surface area contributed by atoms with Crippen molar-refractivity contribution in [3.05, 3.63) is 0 Å². The van der Waals surface area contributed by atoms with Crippen LogP contribution in [0.5, 0.6) is 0 Å². The van der Waals surface area contributed by atoms with Crippen molar-refractivity contribution in [1.82, 2.24) is 5.32 Å². The lowest BCUT2D eigenvalue weighted by atomic mass is 9.71. The third-order valence-electron chi connectivity index (χ3n) is 3.38. The molecule has 1 saturated carbocycles. The molecule has 1 amide bonds. The molecule has 2 atom stereocenters. The average Bonchev–Trinajstić information content (AvgIpc) is 2.17. The van der Waals surface area contributed by atoms with Gasteiger partial charge in [0.25, 0.3) is 0 Å². The summed E-state index contributed by atoms with van der Waals surface area (Å²) in [7, 11) is 0. The number of hydrogen-bond acceptors (Lipinski definition) is 3. The van der Waals surface area contributed by atoms with E-state index in [9.17, 15) is 9.90 Å². The number of rotatable bonds is 2. The minimum Gasteiger partial charge on any atom is -0.444 e. The van der Waals surface area contributed by atoms with Gasteiger partial charge in [-0.25, -0.2) is 4.79 Å². The summed E-state index contributed by atoms with van der Waals surface area (Å²) >= 11 is 0. The molecule has 1 fully saturated rings. The summed E-state index contributed by atoms with van der Waals surface area (Å²) in [5.41, 5.74) is -0.228. The number of ether oxygens (including phenoxy) is 1.